The molecule has 22 heavy (non-hydrogen) atoms. The summed E-state index contributed by atoms with van der Waals surface area (Å²) in [5, 5.41) is 16.4. The Labute approximate surface area is 124 Å². The molecular formula is C11H13N7O4. The van der Waals surface area contributed by atoms with Gasteiger partial charge in [0, 0.05) is 11.5 Å². The number of aromatic nitrogens is 4. The average Bonchev–Trinajstić information content (AvgIpc) is 3.37. The zero-order valence-corrected chi connectivity index (χ0v) is 11.2. The van der Waals surface area contributed by atoms with Gasteiger partial charge in [-0.05, 0) is 18.2 Å². The van der Waals surface area contributed by atoms with E-state index in [2.05, 4.69) is 55.7 Å². The summed E-state index contributed by atoms with van der Waals surface area (Å²) < 4.78 is 8.31. The molecule has 0 saturated carbocycles. The van der Waals surface area contributed by atoms with Crippen molar-refractivity contribution in [1.29, 1.82) is 0 Å². The molecule has 0 aromatic carbocycles. The maximum atomic E-state index is 4.55. The Morgan fingerprint density at radius 3 is 1.91 bits per heavy atom. The van der Waals surface area contributed by atoms with E-state index in [0.717, 1.165) is 0 Å². The minimum atomic E-state index is 1.40. The average molecular weight is 307 g/mol. The number of hydrogen-bond acceptors (Lipinski definition) is 11. The van der Waals surface area contributed by atoms with E-state index < -0.39 is 0 Å². The molecule has 11 heteroatoms. The van der Waals surface area contributed by atoms with Crippen molar-refractivity contribution in [2.24, 2.45) is 5.10 Å². The van der Waals surface area contributed by atoms with Gasteiger partial charge in [0.15, 0.2) is 0 Å². The van der Waals surface area contributed by atoms with Gasteiger partial charge in [0.1, 0.15) is 18.8 Å². The second-order valence-corrected chi connectivity index (χ2v) is 2.92. The largest absolute Gasteiger partial charge is 0.391 e. The highest BCUT2D eigenvalue weighted by molar-refractivity contribution is 5.70. The predicted molar refractivity (Wildman–Crippen MR) is 72.9 cm³/mol. The topological polar surface area (TPSA) is 133 Å². The normalized spacial score (nSPS) is 12.4. The number of allylic oxidation sites excluding steroid dienone is 3. The summed E-state index contributed by atoms with van der Waals surface area (Å²) in [4.78, 5) is 8.99. The van der Waals surface area contributed by atoms with Crippen LogP contribution in [0.2, 0.25) is 0 Å². The molecule has 0 radical (unpaired) electrons. The summed E-state index contributed by atoms with van der Waals surface area (Å²) in [7, 11) is 0. The van der Waals surface area contributed by atoms with E-state index in [4.69, 9.17) is 0 Å². The smallest absolute Gasteiger partial charge is 0.144 e. The quantitative estimate of drug-likeness (QED) is 0.716. The Morgan fingerprint density at radius 1 is 0.864 bits per heavy atom. The summed E-state index contributed by atoms with van der Waals surface area (Å²) in [6.45, 7) is 0. The lowest BCUT2D eigenvalue weighted by molar-refractivity contribution is 0.136. The first-order chi connectivity index (χ1) is 11.0. The molecule has 0 atom stereocenters. The second kappa shape index (κ2) is 13.8. The van der Waals surface area contributed by atoms with E-state index in [1.165, 1.54) is 31.1 Å². The number of hydrogen-bond donors (Lipinski definition) is 2. The number of nitrogens with one attached hydrogen (secondary N) is 2. The van der Waals surface area contributed by atoms with Gasteiger partial charge >= 0.3 is 0 Å². The molecule has 4 heterocycles. The van der Waals surface area contributed by atoms with Crippen LogP contribution in [0.4, 0.5) is 0 Å². The number of rotatable bonds is 0. The number of hydroxylamine groups is 1. The lowest BCUT2D eigenvalue weighted by Gasteiger charge is -1.97. The molecule has 2 aliphatic heterocycles. The van der Waals surface area contributed by atoms with Gasteiger partial charge in [-0.15, -0.1) is 10.7 Å². The molecule has 0 fully saturated rings. The third-order valence-corrected chi connectivity index (χ3v) is 1.47. The number of hydrazone groups is 1. The van der Waals surface area contributed by atoms with Crippen molar-refractivity contribution in [3.8, 4) is 0 Å². The maximum absolute atomic E-state index is 4.55. The van der Waals surface area contributed by atoms with Gasteiger partial charge in [0.05, 0.1) is 24.8 Å². The Hall–Kier alpha value is -3.63. The number of nitrogens with zero attached hydrogens (tertiary/aromatic N) is 5. The molecule has 2 aromatic heterocycles. The fourth-order valence-electron chi connectivity index (χ4n) is 0.739. The van der Waals surface area contributed by atoms with Crippen LogP contribution >= 0.6 is 0 Å². The first kappa shape index (κ1) is 16.4. The minimum absolute atomic E-state index is 1.40. The molecule has 2 N–H and O–H groups in total. The summed E-state index contributed by atoms with van der Waals surface area (Å²) in [6.07, 6.45) is 17.5. The van der Waals surface area contributed by atoms with Crippen LogP contribution in [0.5, 0.6) is 0 Å². The van der Waals surface area contributed by atoms with Gasteiger partial charge in [0.2, 0.25) is 0 Å². The van der Waals surface area contributed by atoms with Gasteiger partial charge < -0.3 is 14.2 Å². The summed E-state index contributed by atoms with van der Waals surface area (Å²) in [5.41, 5.74) is 4.78. The molecule has 0 saturated heterocycles. The van der Waals surface area contributed by atoms with Crippen molar-refractivity contribution in [3.05, 3.63) is 61.8 Å². The van der Waals surface area contributed by atoms with Crippen molar-refractivity contribution in [1.82, 2.24) is 31.8 Å². The molecule has 2 aliphatic rings. The minimum Gasteiger partial charge on any atom is -0.391 e. The van der Waals surface area contributed by atoms with E-state index in [0.29, 0.717) is 0 Å². The SMILES string of the molecule is C1=CNOC=C1.C1=CONN=C1.c1cnon1.c1conn1. The molecule has 11 nitrogen and oxygen atoms in total. The monoisotopic (exact) mass is 307 g/mol. The third-order valence-electron chi connectivity index (χ3n) is 1.47. The molecule has 4 rings (SSSR count). The first-order valence-electron chi connectivity index (χ1n) is 5.74. The molecule has 116 valence electrons. The first-order valence-corrected chi connectivity index (χ1v) is 5.74. The van der Waals surface area contributed by atoms with E-state index in [-0.39, 0.29) is 0 Å². The standard InChI is InChI=1S/C4H5NO.C3H4N2O.2C2H2N2O/c1-2-4-6-5-3-1;1-2-4-5-6-3-1;1-2-5-4-3-1;1-2-4-5-3-1/h1-5H;1-3,5H;2*1-2H. The highest BCUT2D eigenvalue weighted by Crippen LogP contribution is 1.80. The van der Waals surface area contributed by atoms with E-state index >= 15 is 0 Å². The van der Waals surface area contributed by atoms with Crippen LogP contribution in [0, 0.1) is 0 Å². The predicted octanol–water partition coefficient (Wildman–Crippen LogP) is 0.708. The van der Waals surface area contributed by atoms with Crippen molar-refractivity contribution >= 4 is 6.21 Å². The summed E-state index contributed by atoms with van der Waals surface area (Å²) in [5.74, 6) is 0. The van der Waals surface area contributed by atoms with Crippen molar-refractivity contribution in [3.63, 3.8) is 0 Å². The fraction of sp³-hybridized carbons (Fsp3) is 0. The van der Waals surface area contributed by atoms with E-state index in [1.807, 2.05) is 6.08 Å². The Morgan fingerprint density at radius 2 is 1.73 bits per heavy atom. The Balaban J connectivity index is 0.000000147. The van der Waals surface area contributed by atoms with Crippen LogP contribution in [0.25, 0.3) is 0 Å². The molecule has 0 unspecified atom stereocenters. The van der Waals surface area contributed by atoms with Crippen LogP contribution in [-0.2, 0) is 9.68 Å². The van der Waals surface area contributed by atoms with Gasteiger partial charge in [-0.2, -0.15) is 5.10 Å². The van der Waals surface area contributed by atoms with Crippen LogP contribution in [0.1, 0.15) is 0 Å². The Bertz CT molecular complexity index is 428. The lowest BCUT2D eigenvalue weighted by atomic mass is 10.6. The second-order valence-electron chi connectivity index (χ2n) is 2.92. The van der Waals surface area contributed by atoms with Crippen molar-refractivity contribution in [2.75, 3.05) is 0 Å². The molecule has 0 amide bonds. The van der Waals surface area contributed by atoms with Crippen LogP contribution in [0.3, 0.4) is 0 Å². The summed E-state index contributed by atoms with van der Waals surface area (Å²) in [6, 6.07) is 0. The zero-order chi connectivity index (χ0) is 15.6. The highest BCUT2D eigenvalue weighted by atomic mass is 16.7. The van der Waals surface area contributed by atoms with Gasteiger partial charge in [0.25, 0.3) is 0 Å². The van der Waals surface area contributed by atoms with E-state index in [9.17, 15) is 0 Å². The lowest BCUT2D eigenvalue weighted by Crippen LogP contribution is -2.03. The maximum Gasteiger partial charge on any atom is 0.144 e. The Kier molecular flexibility index (Phi) is 10.3. The van der Waals surface area contributed by atoms with Gasteiger partial charge in [-0.25, -0.2) is 10.1 Å². The molecular weight excluding hydrogens is 294 g/mol. The van der Waals surface area contributed by atoms with Crippen molar-refractivity contribution < 1.29 is 18.8 Å². The third kappa shape index (κ3) is 11.5. The fourth-order valence-corrected chi connectivity index (χ4v) is 0.739. The van der Waals surface area contributed by atoms with Gasteiger partial charge in [-0.3, -0.25) is 0 Å². The zero-order valence-electron chi connectivity index (χ0n) is 11.2. The summed E-state index contributed by atoms with van der Waals surface area (Å²) >= 11 is 0. The van der Waals surface area contributed by atoms with Crippen molar-refractivity contribution in [2.45, 2.75) is 0 Å². The van der Waals surface area contributed by atoms with Crippen LogP contribution in [0.15, 0.2) is 76.1 Å². The van der Waals surface area contributed by atoms with Gasteiger partial charge in [-0.1, -0.05) is 10.3 Å². The molecule has 0 spiro atoms. The van der Waals surface area contributed by atoms with E-state index in [1.54, 1.807) is 30.8 Å². The molecule has 2 aromatic rings. The highest BCUT2D eigenvalue weighted by Gasteiger charge is 1.73. The molecule has 0 aliphatic carbocycles. The van der Waals surface area contributed by atoms with Crippen LogP contribution in [-0.4, -0.2) is 26.9 Å². The van der Waals surface area contributed by atoms with Crippen LogP contribution < -0.4 is 11.1 Å². The molecule has 0 bridgehead atoms.